The molecule has 0 atom stereocenters. The smallest absolute Gasteiger partial charge is 0.357 e. The van der Waals surface area contributed by atoms with Crippen LogP contribution in [0.25, 0.3) is 0 Å². The maximum atomic E-state index is 10.8. The highest BCUT2D eigenvalue weighted by Crippen LogP contribution is 2.28. The molecule has 0 unspecified atom stereocenters. The summed E-state index contributed by atoms with van der Waals surface area (Å²) >= 11 is 1.31. The topological polar surface area (TPSA) is 71.5 Å². The number of hydrogen-bond donors (Lipinski definition) is 2. The van der Waals surface area contributed by atoms with Gasteiger partial charge in [0.2, 0.25) is 0 Å². The van der Waals surface area contributed by atoms with Crippen LogP contribution in [0, 0.1) is 5.92 Å². The predicted molar refractivity (Wildman–Crippen MR) is 65.7 cm³/mol. The number of carbonyl (C=O) groups is 1. The van der Waals surface area contributed by atoms with Crippen LogP contribution in [0.1, 0.15) is 29.8 Å². The standard InChI is InChI=1S/C11H16N2O3S/c14-11(15)9-10(17-7-13-9)12-4-1-5-16-6-8-2-3-8/h7-8,12H,1-6H2,(H,14,15). The first kappa shape index (κ1) is 12.3. The van der Waals surface area contributed by atoms with E-state index in [2.05, 4.69) is 10.3 Å². The van der Waals surface area contributed by atoms with Gasteiger partial charge in [0.05, 0.1) is 5.51 Å². The van der Waals surface area contributed by atoms with Gasteiger partial charge in [-0.3, -0.25) is 0 Å². The lowest BCUT2D eigenvalue weighted by Gasteiger charge is -2.05. The molecule has 0 radical (unpaired) electrons. The minimum atomic E-state index is -0.987. The van der Waals surface area contributed by atoms with Crippen molar-refractivity contribution in [3.8, 4) is 0 Å². The number of nitrogens with one attached hydrogen (secondary N) is 1. The molecule has 17 heavy (non-hydrogen) atoms. The number of hydrogen-bond acceptors (Lipinski definition) is 5. The number of carboxylic acid groups (broad SMARTS) is 1. The summed E-state index contributed by atoms with van der Waals surface area (Å²) < 4.78 is 5.49. The first-order valence-corrected chi connectivity index (χ1v) is 6.63. The number of thiazole rings is 1. The van der Waals surface area contributed by atoms with E-state index in [9.17, 15) is 4.79 Å². The van der Waals surface area contributed by atoms with E-state index in [-0.39, 0.29) is 5.69 Å². The van der Waals surface area contributed by atoms with Gasteiger partial charge in [0.15, 0.2) is 5.69 Å². The van der Waals surface area contributed by atoms with Crippen molar-refractivity contribution in [3.05, 3.63) is 11.2 Å². The van der Waals surface area contributed by atoms with Gasteiger partial charge in [0, 0.05) is 19.8 Å². The zero-order valence-corrected chi connectivity index (χ0v) is 10.3. The molecule has 1 fully saturated rings. The summed E-state index contributed by atoms with van der Waals surface area (Å²) in [5.74, 6) is -0.193. The van der Waals surface area contributed by atoms with Crippen LogP contribution in [0.15, 0.2) is 5.51 Å². The number of carboxylic acids is 1. The van der Waals surface area contributed by atoms with E-state index in [1.54, 1.807) is 0 Å². The largest absolute Gasteiger partial charge is 0.476 e. The van der Waals surface area contributed by atoms with Gasteiger partial charge in [-0.05, 0) is 25.2 Å². The van der Waals surface area contributed by atoms with Gasteiger partial charge in [-0.25, -0.2) is 9.78 Å². The number of ether oxygens (including phenoxy) is 1. The zero-order valence-electron chi connectivity index (χ0n) is 9.52. The van der Waals surface area contributed by atoms with Gasteiger partial charge in [0.25, 0.3) is 0 Å². The minimum absolute atomic E-state index is 0.105. The molecule has 5 nitrogen and oxygen atoms in total. The summed E-state index contributed by atoms with van der Waals surface area (Å²) in [4.78, 5) is 14.6. The fraction of sp³-hybridized carbons (Fsp3) is 0.636. The van der Waals surface area contributed by atoms with Crippen LogP contribution in [0.4, 0.5) is 5.00 Å². The number of anilines is 1. The SMILES string of the molecule is O=C(O)c1ncsc1NCCCOCC1CC1. The second-order valence-corrected chi connectivity index (χ2v) is 4.99. The molecule has 1 aliphatic rings. The van der Waals surface area contributed by atoms with Crippen LogP contribution < -0.4 is 5.32 Å². The number of nitrogens with zero attached hydrogens (tertiary/aromatic N) is 1. The Morgan fingerprint density at radius 1 is 1.65 bits per heavy atom. The van der Waals surface area contributed by atoms with Gasteiger partial charge in [-0.15, -0.1) is 11.3 Å². The Labute approximate surface area is 104 Å². The molecule has 0 aromatic carbocycles. The number of rotatable bonds is 8. The molecule has 0 saturated heterocycles. The zero-order chi connectivity index (χ0) is 12.1. The third-order valence-electron chi connectivity index (χ3n) is 2.57. The fourth-order valence-corrected chi connectivity index (χ4v) is 2.14. The highest BCUT2D eigenvalue weighted by molar-refractivity contribution is 7.14. The molecule has 2 rings (SSSR count). The third-order valence-corrected chi connectivity index (χ3v) is 3.36. The van der Waals surface area contributed by atoms with E-state index < -0.39 is 5.97 Å². The van der Waals surface area contributed by atoms with Crippen LogP contribution >= 0.6 is 11.3 Å². The van der Waals surface area contributed by atoms with Crippen LogP contribution in [0.5, 0.6) is 0 Å². The molecular formula is C11H16N2O3S. The second kappa shape index (κ2) is 5.97. The Bertz CT molecular complexity index is 377. The van der Waals surface area contributed by atoms with Gasteiger partial charge in [-0.1, -0.05) is 0 Å². The van der Waals surface area contributed by atoms with Crippen molar-refractivity contribution in [1.82, 2.24) is 4.98 Å². The molecule has 1 aromatic rings. The average Bonchev–Trinajstić information content (AvgIpc) is 2.99. The Morgan fingerprint density at radius 2 is 2.47 bits per heavy atom. The lowest BCUT2D eigenvalue weighted by atomic mass is 10.4. The van der Waals surface area contributed by atoms with Crippen LogP contribution in [0.3, 0.4) is 0 Å². The molecule has 1 heterocycles. The molecule has 1 aliphatic carbocycles. The minimum Gasteiger partial charge on any atom is -0.476 e. The van der Waals surface area contributed by atoms with Crippen LogP contribution in [-0.2, 0) is 4.74 Å². The van der Waals surface area contributed by atoms with Crippen molar-refractivity contribution in [2.75, 3.05) is 25.1 Å². The summed E-state index contributed by atoms with van der Waals surface area (Å²) in [5.41, 5.74) is 1.64. The Kier molecular flexibility index (Phi) is 4.33. The molecule has 2 N–H and O–H groups in total. The van der Waals surface area contributed by atoms with E-state index in [1.807, 2.05) is 0 Å². The first-order valence-electron chi connectivity index (χ1n) is 5.76. The Balaban J connectivity index is 1.60. The van der Waals surface area contributed by atoms with E-state index in [0.717, 1.165) is 25.6 Å². The third kappa shape index (κ3) is 3.98. The van der Waals surface area contributed by atoms with Crippen LogP contribution in [-0.4, -0.2) is 35.8 Å². The van der Waals surface area contributed by atoms with E-state index in [4.69, 9.17) is 9.84 Å². The second-order valence-electron chi connectivity index (χ2n) is 4.13. The molecule has 6 heteroatoms. The van der Waals surface area contributed by atoms with Crippen molar-refractivity contribution >= 4 is 22.3 Å². The molecule has 0 bridgehead atoms. The van der Waals surface area contributed by atoms with Crippen molar-refractivity contribution < 1.29 is 14.6 Å². The highest BCUT2D eigenvalue weighted by atomic mass is 32.1. The normalized spacial score (nSPS) is 14.8. The molecule has 1 saturated carbocycles. The lowest BCUT2D eigenvalue weighted by molar-refractivity contribution is 0.0692. The van der Waals surface area contributed by atoms with Crippen molar-refractivity contribution in [2.24, 2.45) is 5.92 Å². The molecule has 94 valence electrons. The van der Waals surface area contributed by atoms with E-state index in [1.165, 1.54) is 29.7 Å². The molecule has 1 aromatic heterocycles. The highest BCUT2D eigenvalue weighted by Gasteiger charge is 2.20. The summed E-state index contributed by atoms with van der Waals surface area (Å²) in [6, 6.07) is 0. The van der Waals surface area contributed by atoms with Gasteiger partial charge >= 0.3 is 5.97 Å². The molecule has 0 aliphatic heterocycles. The molecule has 0 amide bonds. The van der Waals surface area contributed by atoms with Gasteiger partial charge in [-0.2, -0.15) is 0 Å². The molecule has 0 spiro atoms. The van der Waals surface area contributed by atoms with E-state index >= 15 is 0 Å². The maximum absolute atomic E-state index is 10.8. The number of aromatic nitrogens is 1. The van der Waals surface area contributed by atoms with Gasteiger partial charge < -0.3 is 15.2 Å². The monoisotopic (exact) mass is 256 g/mol. The molecular weight excluding hydrogens is 240 g/mol. The summed E-state index contributed by atoms with van der Waals surface area (Å²) in [5, 5.41) is 12.5. The fourth-order valence-electron chi connectivity index (χ4n) is 1.43. The quantitative estimate of drug-likeness (QED) is 0.697. The summed E-state index contributed by atoms with van der Waals surface area (Å²) in [6.07, 6.45) is 3.49. The van der Waals surface area contributed by atoms with Crippen molar-refractivity contribution in [2.45, 2.75) is 19.3 Å². The number of aromatic carboxylic acids is 1. The van der Waals surface area contributed by atoms with Crippen LogP contribution in [0.2, 0.25) is 0 Å². The predicted octanol–water partition coefficient (Wildman–Crippen LogP) is 2.07. The Hall–Kier alpha value is -1.14. The lowest BCUT2D eigenvalue weighted by Crippen LogP contribution is -2.09. The van der Waals surface area contributed by atoms with Gasteiger partial charge in [0.1, 0.15) is 5.00 Å². The van der Waals surface area contributed by atoms with Crippen molar-refractivity contribution in [3.63, 3.8) is 0 Å². The Morgan fingerprint density at radius 3 is 3.18 bits per heavy atom. The van der Waals surface area contributed by atoms with E-state index in [0.29, 0.717) is 11.5 Å². The maximum Gasteiger partial charge on any atom is 0.357 e. The van der Waals surface area contributed by atoms with Crippen molar-refractivity contribution in [1.29, 1.82) is 0 Å². The summed E-state index contributed by atoms with van der Waals surface area (Å²) in [7, 11) is 0. The first-order chi connectivity index (χ1) is 8.27. The summed E-state index contributed by atoms with van der Waals surface area (Å²) in [6.45, 7) is 2.32. The average molecular weight is 256 g/mol.